The molecular formula is C22H10O3. The highest BCUT2D eigenvalue weighted by molar-refractivity contribution is 6.37. The van der Waals surface area contributed by atoms with E-state index in [2.05, 4.69) is 18.2 Å². The molecule has 7 rings (SSSR count). The van der Waals surface area contributed by atoms with Gasteiger partial charge in [-0.15, -0.1) is 0 Å². The summed E-state index contributed by atoms with van der Waals surface area (Å²) in [5, 5.41) is 17.0. The molecule has 0 amide bonds. The molecule has 0 unspecified atom stereocenters. The van der Waals surface area contributed by atoms with Crippen LogP contribution >= 0.6 is 0 Å². The minimum Gasteiger partial charge on any atom is -0.504 e. The topological polar surface area (TPSA) is 46.5 Å². The Morgan fingerprint density at radius 2 is 1.28 bits per heavy atom. The Morgan fingerprint density at radius 1 is 0.560 bits per heavy atom. The molecule has 4 aromatic carbocycles. The van der Waals surface area contributed by atoms with Crippen molar-refractivity contribution >= 4 is 54.6 Å². The van der Waals surface area contributed by atoms with Gasteiger partial charge in [0.2, 0.25) is 0 Å². The van der Waals surface area contributed by atoms with Gasteiger partial charge >= 0.3 is 0 Å². The van der Waals surface area contributed by atoms with Crippen LogP contribution in [0.4, 0.5) is 0 Å². The summed E-state index contributed by atoms with van der Waals surface area (Å²) in [6.45, 7) is 0. The summed E-state index contributed by atoms with van der Waals surface area (Å²) in [5.41, 5.74) is 5.31. The second kappa shape index (κ2) is 3.62. The summed E-state index contributed by atoms with van der Waals surface area (Å²) in [4.78, 5) is 0. The number of hydrogen-bond acceptors (Lipinski definition) is 3. The van der Waals surface area contributed by atoms with Crippen molar-refractivity contribution < 1.29 is 13.9 Å². The van der Waals surface area contributed by atoms with Crippen LogP contribution in [-0.4, -0.2) is 5.11 Å². The van der Waals surface area contributed by atoms with Crippen molar-refractivity contribution in [3.63, 3.8) is 0 Å². The Morgan fingerprint density at radius 3 is 2.16 bits per heavy atom. The van der Waals surface area contributed by atoms with Crippen LogP contribution in [0.3, 0.4) is 0 Å². The van der Waals surface area contributed by atoms with Crippen molar-refractivity contribution in [2.24, 2.45) is 0 Å². The molecule has 3 nitrogen and oxygen atoms in total. The van der Waals surface area contributed by atoms with Crippen LogP contribution in [0.15, 0.2) is 63.4 Å². The second-order valence-electron chi connectivity index (χ2n) is 6.69. The fourth-order valence-electron chi connectivity index (χ4n) is 4.52. The van der Waals surface area contributed by atoms with Crippen LogP contribution in [0.5, 0.6) is 5.75 Å². The van der Waals surface area contributed by atoms with E-state index in [1.165, 1.54) is 0 Å². The fourth-order valence-corrected chi connectivity index (χ4v) is 4.52. The predicted octanol–water partition coefficient (Wildman–Crippen LogP) is 6.32. The molecule has 0 bridgehead atoms. The van der Waals surface area contributed by atoms with E-state index < -0.39 is 0 Å². The lowest BCUT2D eigenvalue weighted by atomic mass is 9.98. The number of rotatable bonds is 0. The molecule has 1 aliphatic rings. The zero-order chi connectivity index (χ0) is 16.3. The highest BCUT2D eigenvalue weighted by atomic mass is 16.4. The summed E-state index contributed by atoms with van der Waals surface area (Å²) in [7, 11) is 0. The maximum atomic E-state index is 10.4. The zero-order valence-electron chi connectivity index (χ0n) is 13.0. The molecule has 1 N–H and O–H groups in total. The van der Waals surface area contributed by atoms with Crippen LogP contribution in [0.25, 0.3) is 65.8 Å². The van der Waals surface area contributed by atoms with Gasteiger partial charge in [-0.2, -0.15) is 0 Å². The summed E-state index contributed by atoms with van der Waals surface area (Å²) < 4.78 is 12.2. The number of phenols is 1. The van der Waals surface area contributed by atoms with E-state index in [1.807, 2.05) is 30.3 Å². The van der Waals surface area contributed by atoms with Gasteiger partial charge < -0.3 is 13.9 Å². The van der Waals surface area contributed by atoms with Crippen LogP contribution in [-0.2, 0) is 0 Å². The van der Waals surface area contributed by atoms with Crippen molar-refractivity contribution in [2.75, 3.05) is 0 Å². The Kier molecular flexibility index (Phi) is 1.74. The first-order valence-corrected chi connectivity index (χ1v) is 8.27. The molecule has 25 heavy (non-hydrogen) atoms. The van der Waals surface area contributed by atoms with Gasteiger partial charge in [0.05, 0.1) is 0 Å². The largest absolute Gasteiger partial charge is 0.504 e. The lowest BCUT2D eigenvalue weighted by Gasteiger charge is -2.05. The van der Waals surface area contributed by atoms with Crippen molar-refractivity contribution in [3.05, 3.63) is 54.6 Å². The summed E-state index contributed by atoms with van der Waals surface area (Å²) >= 11 is 0. The van der Waals surface area contributed by atoms with Crippen molar-refractivity contribution in [1.29, 1.82) is 0 Å². The van der Waals surface area contributed by atoms with E-state index in [0.29, 0.717) is 5.58 Å². The smallest absolute Gasteiger partial charge is 0.177 e. The lowest BCUT2D eigenvalue weighted by molar-refractivity contribution is 0.469. The number of benzene rings is 4. The third kappa shape index (κ3) is 1.17. The summed E-state index contributed by atoms with van der Waals surface area (Å²) in [6.07, 6.45) is 0. The molecule has 0 radical (unpaired) electrons. The SMILES string of the molecule is Oc1ccc2c3c1oc1ccc4ccc5oc6cccc-2c6c5c4c13. The molecule has 116 valence electrons. The third-order valence-electron chi connectivity index (χ3n) is 5.50. The Bertz CT molecular complexity index is 1550. The average molecular weight is 322 g/mol. The maximum absolute atomic E-state index is 10.4. The first kappa shape index (κ1) is 12.0. The number of furan rings is 2. The van der Waals surface area contributed by atoms with Crippen LogP contribution in [0.1, 0.15) is 0 Å². The first-order chi connectivity index (χ1) is 12.3. The van der Waals surface area contributed by atoms with Gasteiger partial charge in [0.25, 0.3) is 0 Å². The molecule has 0 spiro atoms. The van der Waals surface area contributed by atoms with Gasteiger partial charge in [-0.05, 0) is 46.8 Å². The van der Waals surface area contributed by atoms with Crippen LogP contribution in [0.2, 0.25) is 0 Å². The number of phenolic OH excluding ortho intramolecular Hbond substituents is 1. The standard InChI is InChI=1S/C22H10O3/c23-13-7-6-12-11-2-1-3-14-18(11)20-15(24-14)8-4-10-5-9-16-21(17(10)20)19(12)22(13)25-16/h1-9,23H. The number of hydrogen-bond donors (Lipinski definition) is 1. The molecule has 0 aliphatic heterocycles. The van der Waals surface area contributed by atoms with Gasteiger partial charge in [-0.25, -0.2) is 0 Å². The fraction of sp³-hybridized carbons (Fsp3) is 0. The monoisotopic (exact) mass is 322 g/mol. The molecule has 2 heterocycles. The minimum atomic E-state index is 0.175. The summed E-state index contributed by atoms with van der Waals surface area (Å²) in [6, 6.07) is 18.0. The predicted molar refractivity (Wildman–Crippen MR) is 99.2 cm³/mol. The molecule has 2 aromatic heterocycles. The molecule has 6 aromatic rings. The number of aromatic hydroxyl groups is 1. The Labute approximate surface area is 140 Å². The molecule has 3 heteroatoms. The molecule has 0 saturated heterocycles. The first-order valence-electron chi connectivity index (χ1n) is 8.27. The lowest BCUT2D eigenvalue weighted by Crippen LogP contribution is -1.80. The van der Waals surface area contributed by atoms with Gasteiger partial charge in [0.1, 0.15) is 16.7 Å². The molecule has 1 aliphatic carbocycles. The Hall–Kier alpha value is -3.46. The number of fused-ring (bicyclic) bond motifs is 1. The van der Waals surface area contributed by atoms with E-state index in [9.17, 15) is 5.11 Å². The van der Waals surface area contributed by atoms with E-state index >= 15 is 0 Å². The van der Waals surface area contributed by atoms with E-state index in [-0.39, 0.29) is 5.75 Å². The van der Waals surface area contributed by atoms with Crippen LogP contribution < -0.4 is 0 Å². The minimum absolute atomic E-state index is 0.175. The van der Waals surface area contributed by atoms with Crippen molar-refractivity contribution in [2.45, 2.75) is 0 Å². The average Bonchev–Trinajstić information content (AvgIpc) is 3.17. The third-order valence-corrected chi connectivity index (χ3v) is 5.50. The highest BCUT2D eigenvalue weighted by Crippen LogP contribution is 2.51. The maximum Gasteiger partial charge on any atom is 0.177 e. The van der Waals surface area contributed by atoms with Crippen molar-refractivity contribution in [3.8, 4) is 16.9 Å². The molecule has 0 fully saturated rings. The zero-order valence-corrected chi connectivity index (χ0v) is 13.0. The van der Waals surface area contributed by atoms with Gasteiger partial charge in [-0.1, -0.05) is 24.3 Å². The summed E-state index contributed by atoms with van der Waals surface area (Å²) in [5.74, 6) is 0.175. The molecule has 0 saturated carbocycles. The van der Waals surface area contributed by atoms with Gasteiger partial charge in [0, 0.05) is 26.9 Å². The normalized spacial score (nSPS) is 13.0. The highest BCUT2D eigenvalue weighted by Gasteiger charge is 2.25. The van der Waals surface area contributed by atoms with E-state index in [0.717, 1.165) is 60.2 Å². The quantitative estimate of drug-likeness (QED) is 0.355. The second-order valence-corrected chi connectivity index (χ2v) is 6.69. The Balaban J connectivity index is 2.04. The van der Waals surface area contributed by atoms with Gasteiger partial charge in [0.15, 0.2) is 11.3 Å². The van der Waals surface area contributed by atoms with Crippen molar-refractivity contribution in [1.82, 2.24) is 0 Å². The molecular weight excluding hydrogens is 312 g/mol. The van der Waals surface area contributed by atoms with E-state index in [4.69, 9.17) is 8.83 Å². The van der Waals surface area contributed by atoms with E-state index in [1.54, 1.807) is 6.07 Å². The van der Waals surface area contributed by atoms with Crippen LogP contribution in [0, 0.1) is 0 Å². The van der Waals surface area contributed by atoms with Gasteiger partial charge in [-0.3, -0.25) is 0 Å². The molecule has 0 atom stereocenters.